The molecule has 0 atom stereocenters. The molecule has 1 aromatic rings. The zero-order chi connectivity index (χ0) is 14.6. The summed E-state index contributed by atoms with van der Waals surface area (Å²) in [6.45, 7) is 2.68. The molecule has 1 aliphatic rings. The summed E-state index contributed by atoms with van der Waals surface area (Å²) in [6, 6.07) is 5.58. The highest BCUT2D eigenvalue weighted by atomic mass is 32.2. The Morgan fingerprint density at radius 1 is 1.50 bits per heavy atom. The maximum atomic E-state index is 11.5. The van der Waals surface area contributed by atoms with E-state index in [2.05, 4.69) is 5.32 Å². The number of anilines is 1. The molecule has 0 aliphatic heterocycles. The maximum absolute atomic E-state index is 11.5. The number of carbonyl (C=O) groups is 1. The number of hydrogen-bond acceptors (Lipinski definition) is 4. The van der Waals surface area contributed by atoms with E-state index < -0.39 is 5.97 Å². The van der Waals surface area contributed by atoms with Gasteiger partial charge in [-0.15, -0.1) is 11.8 Å². The van der Waals surface area contributed by atoms with Crippen molar-refractivity contribution in [3.8, 4) is 0 Å². The summed E-state index contributed by atoms with van der Waals surface area (Å²) in [6.07, 6.45) is 3.23. The summed E-state index contributed by atoms with van der Waals surface area (Å²) in [5.74, 6) is -0.0321. The van der Waals surface area contributed by atoms with E-state index >= 15 is 0 Å². The highest BCUT2D eigenvalue weighted by Crippen LogP contribution is 2.36. The monoisotopic (exact) mass is 295 g/mol. The minimum Gasteiger partial charge on any atom is -0.478 e. The highest BCUT2D eigenvalue weighted by Gasteiger charge is 2.37. The second-order valence-corrected chi connectivity index (χ2v) is 6.32. The first-order valence-electron chi connectivity index (χ1n) is 6.90. The van der Waals surface area contributed by atoms with Crippen LogP contribution in [0.25, 0.3) is 0 Å². The van der Waals surface area contributed by atoms with Crippen LogP contribution in [0.15, 0.2) is 23.1 Å². The third-order valence-electron chi connectivity index (χ3n) is 3.84. The Hall–Kier alpha value is -1.20. The second-order valence-electron chi connectivity index (χ2n) is 5.01. The van der Waals surface area contributed by atoms with Crippen LogP contribution < -0.4 is 5.32 Å². The van der Waals surface area contributed by atoms with Gasteiger partial charge in [-0.3, -0.25) is 0 Å². The van der Waals surface area contributed by atoms with Gasteiger partial charge in [0.1, 0.15) is 0 Å². The van der Waals surface area contributed by atoms with Crippen molar-refractivity contribution in [3.05, 3.63) is 23.8 Å². The van der Waals surface area contributed by atoms with Gasteiger partial charge in [-0.05, 0) is 37.1 Å². The minimum absolute atomic E-state index is 0.121. The van der Waals surface area contributed by atoms with Crippen molar-refractivity contribution in [3.63, 3.8) is 0 Å². The molecule has 0 unspecified atom stereocenters. The molecule has 0 heterocycles. The normalized spacial score (nSPS) is 16.5. The molecule has 2 rings (SSSR count). The number of nitrogens with one attached hydrogen (secondary N) is 1. The van der Waals surface area contributed by atoms with E-state index in [-0.39, 0.29) is 5.60 Å². The lowest BCUT2D eigenvalue weighted by atomic mass is 9.80. The molecule has 5 heteroatoms. The van der Waals surface area contributed by atoms with Crippen molar-refractivity contribution in [2.24, 2.45) is 0 Å². The van der Waals surface area contributed by atoms with E-state index in [1.165, 1.54) is 6.42 Å². The van der Waals surface area contributed by atoms with Gasteiger partial charge >= 0.3 is 5.97 Å². The van der Waals surface area contributed by atoms with Gasteiger partial charge < -0.3 is 15.2 Å². The molecule has 0 bridgehead atoms. The van der Waals surface area contributed by atoms with E-state index in [4.69, 9.17) is 4.74 Å². The molecule has 1 fully saturated rings. The first kappa shape index (κ1) is 15.2. The number of ether oxygens (including phenoxy) is 1. The molecule has 2 N–H and O–H groups in total. The van der Waals surface area contributed by atoms with E-state index in [1.807, 2.05) is 25.1 Å². The van der Waals surface area contributed by atoms with Crippen LogP contribution in [0.5, 0.6) is 0 Å². The summed E-state index contributed by atoms with van der Waals surface area (Å²) >= 11 is 1.55. The molecule has 0 saturated heterocycles. The zero-order valence-electron chi connectivity index (χ0n) is 11.9. The molecule has 4 nitrogen and oxygen atoms in total. The van der Waals surface area contributed by atoms with Crippen molar-refractivity contribution in [1.82, 2.24) is 0 Å². The number of rotatable bonds is 7. The number of methoxy groups -OCH3 is 1. The Morgan fingerprint density at radius 2 is 2.25 bits per heavy atom. The molecular formula is C15H21NO3S. The lowest BCUT2D eigenvalue weighted by Gasteiger charge is -2.40. The minimum atomic E-state index is -0.885. The molecule has 1 saturated carbocycles. The van der Waals surface area contributed by atoms with Crippen LogP contribution >= 0.6 is 11.8 Å². The van der Waals surface area contributed by atoms with Crippen LogP contribution in [0.4, 0.5) is 5.69 Å². The van der Waals surface area contributed by atoms with Crippen molar-refractivity contribution in [1.29, 1.82) is 0 Å². The molecule has 0 radical (unpaired) electrons. The topological polar surface area (TPSA) is 58.6 Å². The number of carboxylic acid groups (broad SMARTS) is 1. The number of thioether (sulfide) groups is 1. The van der Waals surface area contributed by atoms with Crippen molar-refractivity contribution in [2.75, 3.05) is 24.7 Å². The molecule has 1 aromatic carbocycles. The van der Waals surface area contributed by atoms with Crippen LogP contribution in [0, 0.1) is 0 Å². The number of carboxylic acids is 1. The summed E-state index contributed by atoms with van der Waals surface area (Å²) in [7, 11) is 1.72. The first-order valence-corrected chi connectivity index (χ1v) is 7.88. The van der Waals surface area contributed by atoms with Crippen LogP contribution in [-0.4, -0.2) is 36.1 Å². The quantitative estimate of drug-likeness (QED) is 0.754. The SMILES string of the molecule is CCSc1cccc(NCC2(OC)CCC2)c1C(=O)O. The maximum Gasteiger partial charge on any atom is 0.338 e. The van der Waals surface area contributed by atoms with Crippen LogP contribution in [0.3, 0.4) is 0 Å². The number of hydrogen-bond donors (Lipinski definition) is 2. The molecule has 1 aliphatic carbocycles. The predicted molar refractivity (Wildman–Crippen MR) is 81.9 cm³/mol. The summed E-state index contributed by atoms with van der Waals surface area (Å²) in [4.78, 5) is 12.3. The fourth-order valence-corrected chi connectivity index (χ4v) is 3.28. The molecular weight excluding hydrogens is 274 g/mol. The van der Waals surface area contributed by atoms with Crippen LogP contribution in [0.1, 0.15) is 36.5 Å². The van der Waals surface area contributed by atoms with Crippen LogP contribution in [0.2, 0.25) is 0 Å². The largest absolute Gasteiger partial charge is 0.478 e. The van der Waals surface area contributed by atoms with Crippen molar-refractivity contribution in [2.45, 2.75) is 36.7 Å². The Morgan fingerprint density at radius 3 is 2.75 bits per heavy atom. The fraction of sp³-hybridized carbons (Fsp3) is 0.533. The van der Waals surface area contributed by atoms with Crippen LogP contribution in [-0.2, 0) is 4.74 Å². The third-order valence-corrected chi connectivity index (χ3v) is 4.78. The summed E-state index contributed by atoms with van der Waals surface area (Å²) < 4.78 is 5.56. The Balaban J connectivity index is 2.18. The Bertz CT molecular complexity index is 480. The van der Waals surface area contributed by atoms with E-state index in [0.717, 1.165) is 23.5 Å². The first-order chi connectivity index (χ1) is 9.62. The second kappa shape index (κ2) is 6.50. The zero-order valence-corrected chi connectivity index (χ0v) is 12.8. The third kappa shape index (κ3) is 3.10. The molecule has 20 heavy (non-hydrogen) atoms. The average Bonchev–Trinajstić information content (AvgIpc) is 2.38. The van der Waals surface area contributed by atoms with Crippen molar-refractivity contribution < 1.29 is 14.6 Å². The summed E-state index contributed by atoms with van der Waals surface area (Å²) in [5, 5.41) is 12.7. The fourth-order valence-electron chi connectivity index (χ4n) is 2.46. The average molecular weight is 295 g/mol. The Labute approximate surface area is 123 Å². The molecule has 0 amide bonds. The molecule has 0 spiro atoms. The van der Waals surface area contributed by atoms with Gasteiger partial charge in [0.25, 0.3) is 0 Å². The highest BCUT2D eigenvalue weighted by molar-refractivity contribution is 7.99. The standard InChI is InChI=1S/C15H21NO3S/c1-3-20-12-7-4-6-11(13(12)14(17)18)16-10-15(19-2)8-5-9-15/h4,6-7,16H,3,5,8-10H2,1-2H3,(H,17,18). The van der Waals surface area contributed by atoms with E-state index in [0.29, 0.717) is 17.8 Å². The summed E-state index contributed by atoms with van der Waals surface area (Å²) in [5.41, 5.74) is 0.924. The lowest BCUT2D eigenvalue weighted by molar-refractivity contribution is -0.0601. The number of aromatic carboxylic acids is 1. The van der Waals surface area contributed by atoms with E-state index in [1.54, 1.807) is 18.9 Å². The molecule has 110 valence electrons. The van der Waals surface area contributed by atoms with Gasteiger partial charge in [-0.25, -0.2) is 4.79 Å². The van der Waals surface area contributed by atoms with Crippen molar-refractivity contribution >= 4 is 23.4 Å². The van der Waals surface area contributed by atoms with Gasteiger partial charge in [0.2, 0.25) is 0 Å². The number of benzene rings is 1. The smallest absolute Gasteiger partial charge is 0.338 e. The van der Waals surface area contributed by atoms with Gasteiger partial charge in [-0.1, -0.05) is 13.0 Å². The van der Waals surface area contributed by atoms with Gasteiger partial charge in [0, 0.05) is 24.2 Å². The van der Waals surface area contributed by atoms with Gasteiger partial charge in [-0.2, -0.15) is 0 Å². The van der Waals surface area contributed by atoms with Gasteiger partial charge in [0.15, 0.2) is 0 Å². The molecule has 0 aromatic heterocycles. The lowest BCUT2D eigenvalue weighted by Crippen LogP contribution is -2.45. The Kier molecular flexibility index (Phi) is 4.94. The van der Waals surface area contributed by atoms with E-state index in [9.17, 15) is 9.90 Å². The van der Waals surface area contributed by atoms with Gasteiger partial charge in [0.05, 0.1) is 11.2 Å². The predicted octanol–water partition coefficient (Wildman–Crippen LogP) is 3.48.